The minimum absolute atomic E-state index is 0.0659. The molecule has 0 saturated carbocycles. The van der Waals surface area contributed by atoms with Crippen molar-refractivity contribution >= 4 is 11.4 Å². The molecule has 0 bridgehead atoms. The molecule has 0 aromatic heterocycles. The number of hydrogen-bond donors (Lipinski definition) is 2. The first-order chi connectivity index (χ1) is 7.33. The summed E-state index contributed by atoms with van der Waals surface area (Å²) in [5.41, 5.74) is 10.9. The molecule has 1 aromatic rings. The number of halogens is 3. The lowest BCUT2D eigenvalue weighted by Crippen LogP contribution is -2.19. The van der Waals surface area contributed by atoms with Crippen molar-refractivity contribution in [2.45, 2.75) is 6.18 Å². The summed E-state index contributed by atoms with van der Waals surface area (Å²) in [6.45, 7) is -1.48. The third-order valence-corrected chi connectivity index (χ3v) is 1.70. The van der Waals surface area contributed by atoms with Crippen molar-refractivity contribution in [2.24, 2.45) is 0 Å². The summed E-state index contributed by atoms with van der Waals surface area (Å²) in [7, 11) is 0. The SMILES string of the molecule is N#Cc1cc(N)c(N)cc1OCC(F)(F)F. The second kappa shape index (κ2) is 4.18. The van der Waals surface area contributed by atoms with Gasteiger partial charge in [-0.3, -0.25) is 0 Å². The van der Waals surface area contributed by atoms with Crippen molar-refractivity contribution in [2.75, 3.05) is 18.1 Å². The van der Waals surface area contributed by atoms with Crippen LogP contribution in [0.4, 0.5) is 24.5 Å². The first-order valence-corrected chi connectivity index (χ1v) is 4.12. The fourth-order valence-electron chi connectivity index (χ4n) is 0.979. The number of benzene rings is 1. The van der Waals surface area contributed by atoms with E-state index in [4.69, 9.17) is 16.7 Å². The molecule has 1 rings (SSSR count). The summed E-state index contributed by atoms with van der Waals surface area (Å²) in [5, 5.41) is 8.66. The minimum Gasteiger partial charge on any atom is -0.483 e. The van der Waals surface area contributed by atoms with E-state index in [0.29, 0.717) is 0 Å². The molecule has 0 spiro atoms. The number of nitrogen functional groups attached to an aromatic ring is 2. The Morgan fingerprint density at radius 2 is 1.81 bits per heavy atom. The Morgan fingerprint density at radius 3 is 2.31 bits per heavy atom. The Morgan fingerprint density at radius 1 is 1.25 bits per heavy atom. The molecule has 0 atom stereocenters. The molecule has 7 heteroatoms. The first-order valence-electron chi connectivity index (χ1n) is 4.12. The number of nitriles is 1. The highest BCUT2D eigenvalue weighted by Crippen LogP contribution is 2.28. The zero-order valence-electron chi connectivity index (χ0n) is 8.01. The van der Waals surface area contributed by atoms with Crippen LogP contribution >= 0.6 is 0 Å². The molecule has 0 unspecified atom stereocenters. The van der Waals surface area contributed by atoms with Gasteiger partial charge in [0.15, 0.2) is 6.61 Å². The van der Waals surface area contributed by atoms with Crippen molar-refractivity contribution < 1.29 is 17.9 Å². The van der Waals surface area contributed by atoms with E-state index in [1.807, 2.05) is 0 Å². The number of nitrogens with two attached hydrogens (primary N) is 2. The summed E-state index contributed by atoms with van der Waals surface area (Å²) in [6.07, 6.45) is -4.47. The molecule has 0 heterocycles. The number of anilines is 2. The van der Waals surface area contributed by atoms with Gasteiger partial charge < -0.3 is 16.2 Å². The number of hydrogen-bond acceptors (Lipinski definition) is 4. The lowest BCUT2D eigenvalue weighted by Gasteiger charge is -2.11. The van der Waals surface area contributed by atoms with Crippen LogP contribution in [0.15, 0.2) is 12.1 Å². The molecule has 0 amide bonds. The molecule has 0 aliphatic rings. The maximum Gasteiger partial charge on any atom is 0.422 e. The van der Waals surface area contributed by atoms with Crippen molar-refractivity contribution in [1.82, 2.24) is 0 Å². The first kappa shape index (κ1) is 12.0. The van der Waals surface area contributed by atoms with Crippen molar-refractivity contribution in [1.29, 1.82) is 5.26 Å². The molecule has 1 aromatic carbocycles. The lowest BCUT2D eigenvalue weighted by molar-refractivity contribution is -0.153. The Kier molecular flexibility index (Phi) is 3.13. The lowest BCUT2D eigenvalue weighted by atomic mass is 10.1. The number of rotatable bonds is 2. The van der Waals surface area contributed by atoms with Crippen LogP contribution in [0.5, 0.6) is 5.75 Å². The van der Waals surface area contributed by atoms with Crippen LogP contribution in [0.1, 0.15) is 5.56 Å². The monoisotopic (exact) mass is 231 g/mol. The predicted octanol–water partition coefficient (Wildman–Crippen LogP) is 1.66. The van der Waals surface area contributed by atoms with Gasteiger partial charge in [-0.15, -0.1) is 0 Å². The average molecular weight is 231 g/mol. The van der Waals surface area contributed by atoms with E-state index in [-0.39, 0.29) is 22.7 Å². The normalized spacial score (nSPS) is 10.9. The van der Waals surface area contributed by atoms with Crippen molar-refractivity contribution in [3.05, 3.63) is 17.7 Å². The van der Waals surface area contributed by atoms with E-state index >= 15 is 0 Å². The standard InChI is InChI=1S/C9H8F3N3O/c10-9(11,12)4-16-8-2-7(15)6(14)1-5(8)3-13/h1-2H,4,14-15H2. The van der Waals surface area contributed by atoms with Gasteiger partial charge in [0.05, 0.1) is 16.9 Å². The highest BCUT2D eigenvalue weighted by atomic mass is 19.4. The molecule has 0 radical (unpaired) electrons. The van der Waals surface area contributed by atoms with Gasteiger partial charge >= 0.3 is 6.18 Å². The van der Waals surface area contributed by atoms with Crippen LogP contribution in [-0.2, 0) is 0 Å². The Bertz CT molecular complexity index is 437. The summed E-state index contributed by atoms with van der Waals surface area (Å²) in [6, 6.07) is 3.94. The molecule has 0 saturated heterocycles. The maximum absolute atomic E-state index is 11.9. The quantitative estimate of drug-likeness (QED) is 0.758. The van der Waals surface area contributed by atoms with Gasteiger partial charge in [-0.25, -0.2) is 0 Å². The zero-order valence-corrected chi connectivity index (χ0v) is 8.01. The van der Waals surface area contributed by atoms with Crippen LogP contribution in [-0.4, -0.2) is 12.8 Å². The molecule has 86 valence electrons. The second-order valence-electron chi connectivity index (χ2n) is 2.99. The zero-order chi connectivity index (χ0) is 12.3. The van der Waals surface area contributed by atoms with Crippen LogP contribution in [0.25, 0.3) is 0 Å². The molecule has 0 fully saturated rings. The van der Waals surface area contributed by atoms with Crippen molar-refractivity contribution in [3.8, 4) is 11.8 Å². The number of alkyl halides is 3. The summed E-state index contributed by atoms with van der Waals surface area (Å²) in [5.74, 6) is -0.230. The largest absolute Gasteiger partial charge is 0.483 e. The van der Waals surface area contributed by atoms with E-state index in [2.05, 4.69) is 4.74 Å². The van der Waals surface area contributed by atoms with E-state index < -0.39 is 12.8 Å². The third kappa shape index (κ3) is 2.95. The molecular formula is C9H8F3N3O. The summed E-state index contributed by atoms with van der Waals surface area (Å²) >= 11 is 0. The average Bonchev–Trinajstić information content (AvgIpc) is 2.18. The van der Waals surface area contributed by atoms with E-state index in [1.165, 1.54) is 6.07 Å². The van der Waals surface area contributed by atoms with E-state index in [1.54, 1.807) is 6.07 Å². The third-order valence-electron chi connectivity index (χ3n) is 1.70. The molecular weight excluding hydrogens is 223 g/mol. The smallest absolute Gasteiger partial charge is 0.422 e. The molecule has 0 aliphatic carbocycles. The van der Waals surface area contributed by atoms with Gasteiger partial charge in [0.2, 0.25) is 0 Å². The van der Waals surface area contributed by atoms with Crippen LogP contribution < -0.4 is 16.2 Å². The molecule has 0 aliphatic heterocycles. The topological polar surface area (TPSA) is 85.1 Å². The Balaban J connectivity index is 2.96. The van der Waals surface area contributed by atoms with Gasteiger partial charge in [-0.2, -0.15) is 18.4 Å². The molecule has 4 nitrogen and oxygen atoms in total. The molecule has 16 heavy (non-hydrogen) atoms. The van der Waals surface area contributed by atoms with Crippen LogP contribution in [0, 0.1) is 11.3 Å². The summed E-state index contributed by atoms with van der Waals surface area (Å²) < 4.78 is 40.1. The fraction of sp³-hybridized carbons (Fsp3) is 0.222. The van der Waals surface area contributed by atoms with E-state index in [0.717, 1.165) is 6.07 Å². The Hall–Kier alpha value is -2.10. The fourth-order valence-corrected chi connectivity index (χ4v) is 0.979. The highest BCUT2D eigenvalue weighted by molar-refractivity contribution is 5.69. The summed E-state index contributed by atoms with van der Waals surface area (Å²) in [4.78, 5) is 0. The Labute approximate surface area is 89.2 Å². The van der Waals surface area contributed by atoms with Gasteiger partial charge in [-0.1, -0.05) is 0 Å². The van der Waals surface area contributed by atoms with Gasteiger partial charge in [-0.05, 0) is 6.07 Å². The maximum atomic E-state index is 11.9. The second-order valence-corrected chi connectivity index (χ2v) is 2.99. The number of nitrogens with zero attached hydrogens (tertiary/aromatic N) is 1. The molecule has 4 N–H and O–H groups in total. The number of ether oxygens (including phenoxy) is 1. The van der Waals surface area contributed by atoms with Crippen LogP contribution in [0.2, 0.25) is 0 Å². The van der Waals surface area contributed by atoms with Crippen LogP contribution in [0.3, 0.4) is 0 Å². The van der Waals surface area contributed by atoms with Gasteiger partial charge in [0.1, 0.15) is 11.8 Å². The highest BCUT2D eigenvalue weighted by Gasteiger charge is 2.29. The minimum atomic E-state index is -4.47. The van der Waals surface area contributed by atoms with Gasteiger partial charge in [0.25, 0.3) is 0 Å². The van der Waals surface area contributed by atoms with Gasteiger partial charge in [0, 0.05) is 6.07 Å². The van der Waals surface area contributed by atoms with Crippen molar-refractivity contribution in [3.63, 3.8) is 0 Å². The predicted molar refractivity (Wildman–Crippen MR) is 51.5 cm³/mol. The van der Waals surface area contributed by atoms with E-state index in [9.17, 15) is 13.2 Å².